The molecule has 2 unspecified atom stereocenters. The highest BCUT2D eigenvalue weighted by Crippen LogP contribution is 2.20. The molecule has 15 heavy (non-hydrogen) atoms. The first kappa shape index (κ1) is 11.0. The van der Waals surface area contributed by atoms with Gasteiger partial charge in [0.1, 0.15) is 0 Å². The molecule has 2 rings (SSSR count). The van der Waals surface area contributed by atoms with Crippen molar-refractivity contribution in [3.8, 4) is 0 Å². The maximum Gasteiger partial charge on any atom is 0.156 e. The van der Waals surface area contributed by atoms with Crippen LogP contribution in [0.3, 0.4) is 0 Å². The molecular weight excluding hydrogens is 226 g/mol. The molecule has 0 aliphatic carbocycles. The number of amidine groups is 1. The van der Waals surface area contributed by atoms with Crippen molar-refractivity contribution in [2.75, 3.05) is 13.1 Å². The molecule has 0 bridgehead atoms. The fourth-order valence-corrected chi connectivity index (χ4v) is 2.92. The van der Waals surface area contributed by atoms with Crippen molar-refractivity contribution >= 4 is 28.3 Å². The van der Waals surface area contributed by atoms with E-state index in [0.717, 1.165) is 18.3 Å². The van der Waals surface area contributed by atoms with Crippen LogP contribution < -0.4 is 5.32 Å². The number of thiazole rings is 1. The third-order valence-corrected chi connectivity index (χ3v) is 4.29. The molecule has 2 atom stereocenters. The smallest absolute Gasteiger partial charge is 0.156 e. The van der Waals surface area contributed by atoms with E-state index >= 15 is 0 Å². The monoisotopic (exact) mass is 241 g/mol. The van der Waals surface area contributed by atoms with Crippen LogP contribution in [0.2, 0.25) is 0 Å². The Morgan fingerprint density at radius 2 is 2.53 bits per heavy atom. The summed E-state index contributed by atoms with van der Waals surface area (Å²) in [6.07, 6.45) is 1.86. The molecule has 2 heterocycles. The third-order valence-electron chi connectivity index (χ3n) is 2.24. The normalized spacial score (nSPS) is 22.5. The summed E-state index contributed by atoms with van der Waals surface area (Å²) in [6, 6.07) is 0. The van der Waals surface area contributed by atoms with Crippen LogP contribution in [0.4, 0.5) is 0 Å². The molecular formula is C10H15N3S2. The molecule has 0 fully saturated rings. The first-order chi connectivity index (χ1) is 7.25. The van der Waals surface area contributed by atoms with Gasteiger partial charge in [0, 0.05) is 29.3 Å². The number of aromatic nitrogens is 1. The van der Waals surface area contributed by atoms with Crippen LogP contribution >= 0.6 is 23.1 Å². The van der Waals surface area contributed by atoms with Crippen molar-refractivity contribution in [1.29, 1.82) is 0 Å². The molecule has 82 valence electrons. The van der Waals surface area contributed by atoms with Crippen LogP contribution in [0.5, 0.6) is 0 Å². The van der Waals surface area contributed by atoms with Crippen molar-refractivity contribution in [3.05, 3.63) is 16.6 Å². The van der Waals surface area contributed by atoms with E-state index in [1.165, 1.54) is 5.01 Å². The number of nitrogens with zero attached hydrogens (tertiary/aromatic N) is 2. The molecule has 3 nitrogen and oxygen atoms in total. The summed E-state index contributed by atoms with van der Waals surface area (Å²) < 4.78 is 0. The zero-order valence-corrected chi connectivity index (χ0v) is 10.6. The second kappa shape index (κ2) is 4.99. The highest BCUT2D eigenvalue weighted by atomic mass is 32.2. The maximum atomic E-state index is 4.42. The molecule has 1 N–H and O–H groups in total. The Morgan fingerprint density at radius 3 is 3.13 bits per heavy atom. The van der Waals surface area contributed by atoms with Crippen molar-refractivity contribution in [3.63, 3.8) is 0 Å². The first-order valence-electron chi connectivity index (χ1n) is 5.10. The van der Waals surface area contributed by atoms with Crippen molar-refractivity contribution in [1.82, 2.24) is 10.3 Å². The lowest BCUT2D eigenvalue weighted by Crippen LogP contribution is -2.24. The minimum absolute atomic E-state index is 0.462. The van der Waals surface area contributed by atoms with Gasteiger partial charge >= 0.3 is 0 Å². The maximum absolute atomic E-state index is 4.42. The standard InChI is InChI=1S/C10H15N3S2/c1-7(9-11-3-4-14-9)5-12-10-13-6-8(2)15-10/h3-4,7-8H,5-6H2,1-2H3,(H,12,13). The molecule has 0 saturated heterocycles. The predicted molar refractivity (Wildman–Crippen MR) is 67.9 cm³/mol. The third kappa shape index (κ3) is 2.95. The molecule has 5 heteroatoms. The van der Waals surface area contributed by atoms with Gasteiger partial charge in [0.05, 0.1) is 11.6 Å². The average molecular weight is 241 g/mol. The minimum Gasteiger partial charge on any atom is -0.364 e. The van der Waals surface area contributed by atoms with E-state index in [4.69, 9.17) is 0 Å². The van der Waals surface area contributed by atoms with Gasteiger partial charge in [-0.15, -0.1) is 11.3 Å². The zero-order chi connectivity index (χ0) is 10.7. The molecule has 0 radical (unpaired) electrons. The second-order valence-corrected chi connectivity index (χ2v) is 6.08. The first-order valence-corrected chi connectivity index (χ1v) is 6.86. The number of rotatable bonds is 3. The SMILES string of the molecule is CC1CN=C(NCC(C)c2nccs2)S1. The molecule has 1 aliphatic heterocycles. The summed E-state index contributed by atoms with van der Waals surface area (Å²) in [7, 11) is 0. The number of hydrogen-bond acceptors (Lipinski definition) is 5. The lowest BCUT2D eigenvalue weighted by Gasteiger charge is -2.10. The molecule has 1 aromatic heterocycles. The van der Waals surface area contributed by atoms with E-state index in [2.05, 4.69) is 29.1 Å². The minimum atomic E-state index is 0.462. The average Bonchev–Trinajstić information content (AvgIpc) is 2.84. The fourth-order valence-electron chi connectivity index (χ4n) is 1.38. The quantitative estimate of drug-likeness (QED) is 0.882. The summed E-state index contributed by atoms with van der Waals surface area (Å²) in [5.41, 5.74) is 0. The lowest BCUT2D eigenvalue weighted by atomic mass is 10.2. The Balaban J connectivity index is 1.79. The molecule has 0 saturated carbocycles. The van der Waals surface area contributed by atoms with E-state index in [9.17, 15) is 0 Å². The number of thioether (sulfide) groups is 1. The van der Waals surface area contributed by atoms with Crippen LogP contribution in [0.1, 0.15) is 24.8 Å². The Labute approximate surface area is 98.4 Å². The van der Waals surface area contributed by atoms with Crippen LogP contribution in [-0.4, -0.2) is 28.5 Å². The predicted octanol–water partition coefficient (Wildman–Crippen LogP) is 2.33. The molecule has 1 aromatic rings. The van der Waals surface area contributed by atoms with Gasteiger partial charge in [-0.05, 0) is 0 Å². The van der Waals surface area contributed by atoms with Crippen molar-refractivity contribution in [2.24, 2.45) is 4.99 Å². The van der Waals surface area contributed by atoms with Gasteiger partial charge < -0.3 is 5.32 Å². The molecule has 1 aliphatic rings. The Morgan fingerprint density at radius 1 is 1.67 bits per heavy atom. The molecule has 0 spiro atoms. The molecule has 0 aromatic carbocycles. The molecule has 0 amide bonds. The van der Waals surface area contributed by atoms with Crippen LogP contribution in [0.25, 0.3) is 0 Å². The Bertz CT molecular complexity index is 334. The van der Waals surface area contributed by atoms with Crippen LogP contribution in [-0.2, 0) is 0 Å². The van der Waals surface area contributed by atoms with E-state index in [1.54, 1.807) is 11.3 Å². The highest BCUT2D eigenvalue weighted by Gasteiger charge is 2.16. The largest absolute Gasteiger partial charge is 0.364 e. The van der Waals surface area contributed by atoms with E-state index in [-0.39, 0.29) is 0 Å². The van der Waals surface area contributed by atoms with Gasteiger partial charge in [-0.25, -0.2) is 4.98 Å². The van der Waals surface area contributed by atoms with Crippen LogP contribution in [0, 0.1) is 0 Å². The lowest BCUT2D eigenvalue weighted by molar-refractivity contribution is 0.718. The fraction of sp³-hybridized carbons (Fsp3) is 0.600. The number of nitrogens with one attached hydrogen (secondary N) is 1. The van der Waals surface area contributed by atoms with Crippen LogP contribution in [0.15, 0.2) is 16.6 Å². The van der Waals surface area contributed by atoms with E-state index < -0.39 is 0 Å². The summed E-state index contributed by atoms with van der Waals surface area (Å²) in [6.45, 7) is 6.26. The van der Waals surface area contributed by atoms with Gasteiger partial charge in [-0.1, -0.05) is 25.6 Å². The summed E-state index contributed by atoms with van der Waals surface area (Å²) in [5, 5.41) is 8.31. The Hall–Kier alpha value is -0.550. The van der Waals surface area contributed by atoms with Gasteiger partial charge in [0.15, 0.2) is 5.17 Å². The summed E-state index contributed by atoms with van der Waals surface area (Å²) in [5.74, 6) is 0.462. The number of hydrogen-bond donors (Lipinski definition) is 1. The second-order valence-electron chi connectivity index (χ2n) is 3.73. The van der Waals surface area contributed by atoms with Crippen molar-refractivity contribution in [2.45, 2.75) is 25.0 Å². The van der Waals surface area contributed by atoms with Gasteiger partial charge in [-0.2, -0.15) is 0 Å². The highest BCUT2D eigenvalue weighted by molar-refractivity contribution is 8.14. The van der Waals surface area contributed by atoms with Crippen molar-refractivity contribution < 1.29 is 0 Å². The van der Waals surface area contributed by atoms with E-state index in [0.29, 0.717) is 11.2 Å². The number of aliphatic imine (C=N–C) groups is 1. The van der Waals surface area contributed by atoms with E-state index in [1.807, 2.05) is 23.3 Å². The Kier molecular flexibility index (Phi) is 3.64. The zero-order valence-electron chi connectivity index (χ0n) is 8.93. The summed E-state index contributed by atoms with van der Waals surface area (Å²) in [4.78, 5) is 8.73. The van der Waals surface area contributed by atoms with Gasteiger partial charge in [0.25, 0.3) is 0 Å². The topological polar surface area (TPSA) is 37.3 Å². The van der Waals surface area contributed by atoms with Gasteiger partial charge in [-0.3, -0.25) is 4.99 Å². The summed E-state index contributed by atoms with van der Waals surface area (Å²) >= 11 is 3.54. The van der Waals surface area contributed by atoms with Gasteiger partial charge in [0.2, 0.25) is 0 Å².